The first-order valence-corrected chi connectivity index (χ1v) is 10.7. The summed E-state index contributed by atoms with van der Waals surface area (Å²) in [5.41, 5.74) is 1.33. The maximum atomic E-state index is 13.6. The summed E-state index contributed by atoms with van der Waals surface area (Å²) in [5, 5.41) is 13.4. The van der Waals surface area contributed by atoms with Crippen molar-refractivity contribution < 1.29 is 14.7 Å². The van der Waals surface area contributed by atoms with E-state index in [1.807, 2.05) is 0 Å². The second-order valence-electron chi connectivity index (χ2n) is 9.53. The predicted molar refractivity (Wildman–Crippen MR) is 111 cm³/mol. The molecule has 0 aromatic heterocycles. The fraction of sp³-hybridized carbons (Fsp3) is 0.667. The SMILES string of the molecule is CC1=C[C@@H]2/C=C(\C)CCCC(O)/C=C/C(=O)[C@@]23C(=O)N[C@@H](CC(C)C)[C@@H]3[C@@H]1C. The van der Waals surface area contributed by atoms with Gasteiger partial charge in [0.15, 0.2) is 5.78 Å². The number of hydrogen-bond donors (Lipinski definition) is 2. The summed E-state index contributed by atoms with van der Waals surface area (Å²) in [4.78, 5) is 27.1. The van der Waals surface area contributed by atoms with E-state index in [4.69, 9.17) is 0 Å². The average Bonchev–Trinajstić information content (AvgIpc) is 2.88. The van der Waals surface area contributed by atoms with Gasteiger partial charge in [0.2, 0.25) is 5.91 Å². The van der Waals surface area contributed by atoms with Crippen molar-refractivity contribution in [3.63, 3.8) is 0 Å². The van der Waals surface area contributed by atoms with Crippen molar-refractivity contribution in [3.8, 4) is 0 Å². The number of aliphatic hydroxyl groups is 1. The lowest BCUT2D eigenvalue weighted by atomic mass is 9.55. The van der Waals surface area contributed by atoms with Crippen LogP contribution in [0.25, 0.3) is 0 Å². The first kappa shape index (κ1) is 21.0. The van der Waals surface area contributed by atoms with Crippen LogP contribution in [-0.4, -0.2) is 28.9 Å². The van der Waals surface area contributed by atoms with Crippen molar-refractivity contribution in [2.24, 2.45) is 29.1 Å². The van der Waals surface area contributed by atoms with Crippen molar-refractivity contribution in [2.45, 2.75) is 72.4 Å². The molecule has 1 spiro atoms. The minimum atomic E-state index is -1.11. The molecule has 0 aromatic rings. The molecule has 1 saturated heterocycles. The standard InChI is InChI=1S/C24H35NO3/c1-14(2)11-20-22-17(5)16(4)13-18-12-15(3)7-6-8-19(26)9-10-21(27)24(18,22)23(28)25-20/h9-10,12-14,17-20,22,26H,6-8,11H2,1-5H3,(H,25,28)/b10-9+,15-12+/t17-,18+,19?,20+,22+,24+/m1/s1. The van der Waals surface area contributed by atoms with Gasteiger partial charge in [0.25, 0.3) is 0 Å². The number of ketones is 1. The Morgan fingerprint density at radius 2 is 1.96 bits per heavy atom. The molecule has 0 bridgehead atoms. The fourth-order valence-electron chi connectivity index (χ4n) is 5.56. The summed E-state index contributed by atoms with van der Waals surface area (Å²) in [7, 11) is 0. The average molecular weight is 386 g/mol. The highest BCUT2D eigenvalue weighted by molar-refractivity contribution is 6.13. The summed E-state index contributed by atoms with van der Waals surface area (Å²) in [6.07, 6.45) is 9.95. The lowest BCUT2D eigenvalue weighted by molar-refractivity contribution is -0.142. The number of aliphatic hydroxyl groups excluding tert-OH is 1. The molecule has 2 aliphatic carbocycles. The van der Waals surface area contributed by atoms with E-state index in [0.717, 1.165) is 19.3 Å². The molecular formula is C24H35NO3. The van der Waals surface area contributed by atoms with E-state index in [0.29, 0.717) is 12.3 Å². The zero-order valence-electron chi connectivity index (χ0n) is 17.9. The Kier molecular flexibility index (Phi) is 6.00. The van der Waals surface area contributed by atoms with Gasteiger partial charge in [0.05, 0.1) is 6.10 Å². The van der Waals surface area contributed by atoms with Crippen LogP contribution in [0.4, 0.5) is 0 Å². The van der Waals surface area contributed by atoms with Gasteiger partial charge in [-0.15, -0.1) is 0 Å². The Hall–Kier alpha value is -1.68. The number of hydrogen-bond acceptors (Lipinski definition) is 3. The third-order valence-corrected chi connectivity index (χ3v) is 7.01. The number of amides is 1. The Labute approximate surface area is 169 Å². The summed E-state index contributed by atoms with van der Waals surface area (Å²) in [5.74, 6) is -0.0253. The molecule has 1 heterocycles. The van der Waals surface area contributed by atoms with Gasteiger partial charge in [0.1, 0.15) is 5.41 Å². The number of carbonyl (C=O) groups is 2. The molecule has 3 aliphatic rings. The van der Waals surface area contributed by atoms with E-state index in [1.165, 1.54) is 17.2 Å². The molecule has 4 heteroatoms. The summed E-state index contributed by atoms with van der Waals surface area (Å²) in [6, 6.07) is -0.00485. The van der Waals surface area contributed by atoms with E-state index in [2.05, 4.69) is 52.1 Å². The van der Waals surface area contributed by atoms with Gasteiger partial charge < -0.3 is 10.4 Å². The molecule has 154 valence electrons. The van der Waals surface area contributed by atoms with Crippen LogP contribution in [0.15, 0.2) is 35.5 Å². The van der Waals surface area contributed by atoms with Crippen molar-refractivity contribution in [1.29, 1.82) is 0 Å². The molecule has 1 unspecified atom stereocenters. The van der Waals surface area contributed by atoms with Gasteiger partial charge >= 0.3 is 0 Å². The highest BCUT2D eigenvalue weighted by atomic mass is 16.3. The van der Waals surface area contributed by atoms with E-state index in [-0.39, 0.29) is 35.5 Å². The smallest absolute Gasteiger partial charge is 0.235 e. The number of allylic oxidation sites excluding steroid dienone is 5. The van der Waals surface area contributed by atoms with Crippen molar-refractivity contribution in [3.05, 3.63) is 35.5 Å². The third kappa shape index (κ3) is 3.52. The van der Waals surface area contributed by atoms with Gasteiger partial charge in [0, 0.05) is 17.9 Å². The molecule has 28 heavy (non-hydrogen) atoms. The van der Waals surface area contributed by atoms with Crippen LogP contribution in [0.5, 0.6) is 0 Å². The number of carbonyl (C=O) groups excluding carboxylic acids is 2. The first-order valence-electron chi connectivity index (χ1n) is 10.7. The molecule has 6 atom stereocenters. The molecular weight excluding hydrogens is 350 g/mol. The summed E-state index contributed by atoms with van der Waals surface area (Å²) in [6.45, 7) is 10.7. The molecule has 3 rings (SSSR count). The summed E-state index contributed by atoms with van der Waals surface area (Å²) >= 11 is 0. The second kappa shape index (κ2) is 7.98. The van der Waals surface area contributed by atoms with Gasteiger partial charge in [-0.25, -0.2) is 0 Å². The van der Waals surface area contributed by atoms with Crippen LogP contribution >= 0.6 is 0 Å². The number of rotatable bonds is 2. The lowest BCUT2D eigenvalue weighted by Gasteiger charge is -2.44. The van der Waals surface area contributed by atoms with Crippen LogP contribution < -0.4 is 5.32 Å². The van der Waals surface area contributed by atoms with Crippen LogP contribution in [-0.2, 0) is 9.59 Å². The fourth-order valence-corrected chi connectivity index (χ4v) is 5.56. The highest BCUT2D eigenvalue weighted by Gasteiger charge is 2.64. The van der Waals surface area contributed by atoms with Crippen LogP contribution in [0.2, 0.25) is 0 Å². The monoisotopic (exact) mass is 385 g/mol. The largest absolute Gasteiger partial charge is 0.389 e. The van der Waals surface area contributed by atoms with E-state index >= 15 is 0 Å². The Morgan fingerprint density at radius 3 is 2.64 bits per heavy atom. The molecule has 1 aliphatic heterocycles. The topological polar surface area (TPSA) is 66.4 Å². The van der Waals surface area contributed by atoms with E-state index < -0.39 is 11.5 Å². The minimum Gasteiger partial charge on any atom is -0.389 e. The second-order valence-corrected chi connectivity index (χ2v) is 9.53. The first-order chi connectivity index (χ1) is 13.2. The third-order valence-electron chi connectivity index (χ3n) is 7.01. The maximum absolute atomic E-state index is 13.6. The molecule has 1 amide bonds. The molecule has 1 fully saturated rings. The van der Waals surface area contributed by atoms with Crippen molar-refractivity contribution >= 4 is 11.7 Å². The van der Waals surface area contributed by atoms with E-state index in [9.17, 15) is 14.7 Å². The van der Waals surface area contributed by atoms with Gasteiger partial charge in [-0.1, -0.05) is 50.1 Å². The Balaban J connectivity index is 2.20. The van der Waals surface area contributed by atoms with Gasteiger partial charge in [-0.05, 0) is 57.4 Å². The zero-order valence-corrected chi connectivity index (χ0v) is 17.9. The quantitative estimate of drug-likeness (QED) is 0.558. The molecule has 0 radical (unpaired) electrons. The Morgan fingerprint density at radius 1 is 1.25 bits per heavy atom. The van der Waals surface area contributed by atoms with Crippen LogP contribution in [0.3, 0.4) is 0 Å². The van der Waals surface area contributed by atoms with Gasteiger partial charge in [-0.2, -0.15) is 0 Å². The number of nitrogens with one attached hydrogen (secondary N) is 1. The normalized spacial score (nSPS) is 41.9. The highest BCUT2D eigenvalue weighted by Crippen LogP contribution is 2.55. The summed E-state index contributed by atoms with van der Waals surface area (Å²) < 4.78 is 0. The van der Waals surface area contributed by atoms with Gasteiger partial charge in [-0.3, -0.25) is 9.59 Å². The maximum Gasteiger partial charge on any atom is 0.235 e. The molecule has 2 N–H and O–H groups in total. The molecule has 0 saturated carbocycles. The van der Waals surface area contributed by atoms with Crippen LogP contribution in [0.1, 0.15) is 60.3 Å². The predicted octanol–water partition coefficient (Wildman–Crippen LogP) is 3.96. The van der Waals surface area contributed by atoms with Crippen molar-refractivity contribution in [1.82, 2.24) is 5.32 Å². The van der Waals surface area contributed by atoms with E-state index in [1.54, 1.807) is 6.08 Å². The molecule has 4 nitrogen and oxygen atoms in total. The van der Waals surface area contributed by atoms with Crippen LogP contribution in [0, 0.1) is 29.1 Å². The zero-order chi connectivity index (χ0) is 20.6. The minimum absolute atomic E-state index is 0.00485. The van der Waals surface area contributed by atoms with Crippen molar-refractivity contribution in [2.75, 3.05) is 0 Å². The lowest BCUT2D eigenvalue weighted by Crippen LogP contribution is -2.51. The Bertz CT molecular complexity index is 732. The molecule has 0 aromatic carbocycles.